The van der Waals surface area contributed by atoms with Crippen LogP contribution in [0.5, 0.6) is 0 Å². The fourth-order valence-corrected chi connectivity index (χ4v) is 4.58. The molecule has 5 nitrogen and oxygen atoms in total. The molecule has 0 radical (unpaired) electrons. The first kappa shape index (κ1) is 19.9. The van der Waals surface area contributed by atoms with Crippen molar-refractivity contribution in [3.8, 4) is 0 Å². The van der Waals surface area contributed by atoms with Crippen molar-refractivity contribution in [2.75, 3.05) is 16.7 Å². The third kappa shape index (κ3) is 4.68. The van der Waals surface area contributed by atoms with E-state index in [4.69, 9.17) is 0 Å². The molecule has 0 atom stereocenters. The van der Waals surface area contributed by atoms with Crippen molar-refractivity contribution in [3.05, 3.63) is 82.6 Å². The first-order valence-corrected chi connectivity index (χ1v) is 10.8. The zero-order chi connectivity index (χ0) is 20.1. The van der Waals surface area contributed by atoms with Crippen LogP contribution >= 0.6 is 11.3 Å². The molecule has 0 unspecified atom stereocenters. The van der Waals surface area contributed by atoms with Gasteiger partial charge in [-0.3, -0.25) is 9.10 Å². The van der Waals surface area contributed by atoms with Crippen molar-refractivity contribution in [2.24, 2.45) is 0 Å². The summed E-state index contributed by atoms with van der Waals surface area (Å²) < 4.78 is 27.0. The minimum absolute atomic E-state index is 0.106. The second-order valence-electron chi connectivity index (χ2n) is 6.11. The number of rotatable bonds is 6. The number of anilines is 2. The molecule has 0 aliphatic heterocycles. The van der Waals surface area contributed by atoms with Crippen LogP contribution in [0.2, 0.25) is 0 Å². The van der Waals surface area contributed by atoms with Gasteiger partial charge in [0.2, 0.25) is 5.91 Å². The maximum atomic E-state index is 12.9. The van der Waals surface area contributed by atoms with Crippen molar-refractivity contribution in [3.63, 3.8) is 0 Å². The van der Waals surface area contributed by atoms with Crippen LogP contribution in [0.3, 0.4) is 0 Å². The van der Waals surface area contributed by atoms with Crippen LogP contribution < -0.4 is 9.62 Å². The van der Waals surface area contributed by atoms with Gasteiger partial charge in [0, 0.05) is 28.6 Å². The zero-order valence-corrected chi connectivity index (χ0v) is 17.1. The lowest BCUT2D eigenvalue weighted by Crippen LogP contribution is -2.26. The Hall–Kier alpha value is -2.90. The Morgan fingerprint density at radius 3 is 2.46 bits per heavy atom. The van der Waals surface area contributed by atoms with Gasteiger partial charge in [-0.05, 0) is 55.5 Å². The first-order chi connectivity index (χ1) is 13.4. The van der Waals surface area contributed by atoms with Gasteiger partial charge in [0.15, 0.2) is 0 Å². The number of carbonyl (C=O) groups excluding carboxylic acids is 1. The number of carbonyl (C=O) groups is 1. The molecule has 28 heavy (non-hydrogen) atoms. The molecule has 0 aliphatic rings. The van der Waals surface area contributed by atoms with Crippen LogP contribution in [0.1, 0.15) is 9.75 Å². The molecule has 0 saturated carbocycles. The van der Waals surface area contributed by atoms with Crippen molar-refractivity contribution in [1.29, 1.82) is 0 Å². The van der Waals surface area contributed by atoms with Gasteiger partial charge in [-0.15, -0.1) is 11.3 Å². The van der Waals surface area contributed by atoms with Crippen molar-refractivity contribution >= 4 is 44.7 Å². The molecule has 3 aromatic rings. The first-order valence-electron chi connectivity index (χ1n) is 8.56. The summed E-state index contributed by atoms with van der Waals surface area (Å²) in [6.45, 7) is 2.00. The summed E-state index contributed by atoms with van der Waals surface area (Å²) in [7, 11) is -2.24. The highest BCUT2D eigenvalue weighted by atomic mass is 32.2. The molecule has 144 valence electrons. The molecule has 7 heteroatoms. The molecule has 0 aliphatic carbocycles. The summed E-state index contributed by atoms with van der Waals surface area (Å²) in [5, 5.41) is 2.71. The minimum Gasteiger partial charge on any atom is -0.322 e. The molecule has 0 spiro atoms. The van der Waals surface area contributed by atoms with E-state index < -0.39 is 10.0 Å². The van der Waals surface area contributed by atoms with Gasteiger partial charge in [-0.25, -0.2) is 8.42 Å². The van der Waals surface area contributed by atoms with Crippen LogP contribution in [-0.4, -0.2) is 21.4 Å². The minimum atomic E-state index is -3.74. The quantitative estimate of drug-likeness (QED) is 0.605. The SMILES string of the molecule is Cc1ccc(/C=C/C(=O)Nc2cccc(S(=O)(=O)N(C)c3ccccc3)c2)s1. The van der Waals surface area contributed by atoms with E-state index in [9.17, 15) is 13.2 Å². The summed E-state index contributed by atoms with van der Waals surface area (Å²) >= 11 is 1.59. The lowest BCUT2D eigenvalue weighted by molar-refractivity contribution is -0.111. The highest BCUT2D eigenvalue weighted by molar-refractivity contribution is 7.92. The van der Waals surface area contributed by atoms with Crippen molar-refractivity contribution in [2.45, 2.75) is 11.8 Å². The van der Waals surface area contributed by atoms with Gasteiger partial charge < -0.3 is 5.32 Å². The predicted octanol–water partition coefficient (Wildman–Crippen LogP) is 4.53. The van der Waals surface area contributed by atoms with E-state index >= 15 is 0 Å². The fourth-order valence-electron chi connectivity index (χ4n) is 2.55. The zero-order valence-electron chi connectivity index (χ0n) is 15.5. The second-order valence-corrected chi connectivity index (χ2v) is 9.40. The number of nitrogens with one attached hydrogen (secondary N) is 1. The number of benzene rings is 2. The standard InChI is InChI=1S/C21H20N2O3S2/c1-16-11-12-19(27-16)13-14-21(24)22-17-7-6-10-20(15-17)28(25,26)23(2)18-8-4-3-5-9-18/h3-15H,1-2H3,(H,22,24)/b14-13+. The van der Waals surface area contributed by atoms with Gasteiger partial charge >= 0.3 is 0 Å². The van der Waals surface area contributed by atoms with Crippen LogP contribution in [-0.2, 0) is 14.8 Å². The second kappa shape index (κ2) is 8.41. The van der Waals surface area contributed by atoms with E-state index in [-0.39, 0.29) is 10.8 Å². The largest absolute Gasteiger partial charge is 0.322 e. The molecular weight excluding hydrogens is 392 g/mol. The molecule has 1 N–H and O–H groups in total. The summed E-state index contributed by atoms with van der Waals surface area (Å²) in [5.41, 5.74) is 0.977. The molecular formula is C21H20N2O3S2. The third-order valence-electron chi connectivity index (χ3n) is 4.04. The van der Waals surface area contributed by atoms with E-state index in [2.05, 4.69) is 5.32 Å². The molecule has 1 heterocycles. The molecule has 3 rings (SSSR count). The predicted molar refractivity (Wildman–Crippen MR) is 115 cm³/mol. The maximum absolute atomic E-state index is 12.9. The van der Waals surface area contributed by atoms with Gasteiger partial charge in [0.25, 0.3) is 10.0 Å². The van der Waals surface area contributed by atoms with E-state index in [0.717, 1.165) is 4.88 Å². The third-order valence-corrected chi connectivity index (χ3v) is 6.79. The van der Waals surface area contributed by atoms with Gasteiger partial charge in [0.05, 0.1) is 10.6 Å². The topological polar surface area (TPSA) is 66.5 Å². The normalized spacial score (nSPS) is 11.5. The average Bonchev–Trinajstić information content (AvgIpc) is 3.12. The van der Waals surface area contributed by atoms with Crippen LogP contribution in [0.25, 0.3) is 6.08 Å². The van der Waals surface area contributed by atoms with E-state index in [1.54, 1.807) is 53.8 Å². The lowest BCUT2D eigenvalue weighted by Gasteiger charge is -2.19. The Bertz CT molecular complexity index is 1100. The van der Waals surface area contributed by atoms with Gasteiger partial charge in [0.1, 0.15) is 0 Å². The monoisotopic (exact) mass is 412 g/mol. The summed E-state index contributed by atoms with van der Waals surface area (Å²) in [4.78, 5) is 14.4. The highest BCUT2D eigenvalue weighted by Crippen LogP contribution is 2.23. The maximum Gasteiger partial charge on any atom is 0.264 e. The molecule has 1 aromatic heterocycles. The van der Waals surface area contributed by atoms with Gasteiger partial charge in [-0.1, -0.05) is 24.3 Å². The van der Waals surface area contributed by atoms with Crippen LogP contribution in [0.4, 0.5) is 11.4 Å². The number of aryl methyl sites for hydroxylation is 1. The Labute approximate surface area is 169 Å². The van der Waals surface area contributed by atoms with Crippen molar-refractivity contribution in [1.82, 2.24) is 0 Å². The number of sulfonamides is 1. The molecule has 0 saturated heterocycles. The number of amides is 1. The summed E-state index contributed by atoms with van der Waals surface area (Å²) in [5.74, 6) is -0.322. The lowest BCUT2D eigenvalue weighted by atomic mass is 10.3. The molecule has 2 aromatic carbocycles. The van der Waals surface area contributed by atoms with E-state index in [1.807, 2.05) is 25.1 Å². The Morgan fingerprint density at radius 2 is 1.79 bits per heavy atom. The average molecular weight is 413 g/mol. The molecule has 0 bridgehead atoms. The van der Waals surface area contributed by atoms with Crippen LogP contribution in [0, 0.1) is 6.92 Å². The molecule has 0 fully saturated rings. The van der Waals surface area contributed by atoms with E-state index in [1.165, 1.54) is 34.4 Å². The number of hydrogen-bond acceptors (Lipinski definition) is 4. The Morgan fingerprint density at radius 1 is 1.04 bits per heavy atom. The highest BCUT2D eigenvalue weighted by Gasteiger charge is 2.21. The van der Waals surface area contributed by atoms with E-state index in [0.29, 0.717) is 11.4 Å². The van der Waals surface area contributed by atoms with Crippen molar-refractivity contribution < 1.29 is 13.2 Å². The fraction of sp³-hybridized carbons (Fsp3) is 0.0952. The Balaban J connectivity index is 1.76. The Kier molecular flexibility index (Phi) is 5.96. The number of thiophene rings is 1. The summed E-state index contributed by atoms with van der Waals surface area (Å²) in [6.07, 6.45) is 3.17. The summed E-state index contributed by atoms with van der Waals surface area (Å²) in [6, 6.07) is 19.0. The number of hydrogen-bond donors (Lipinski definition) is 1. The van der Waals surface area contributed by atoms with Gasteiger partial charge in [-0.2, -0.15) is 0 Å². The number of para-hydroxylation sites is 1. The molecule has 1 amide bonds. The number of nitrogens with zero attached hydrogens (tertiary/aromatic N) is 1. The van der Waals surface area contributed by atoms with Crippen LogP contribution in [0.15, 0.2) is 77.7 Å². The smallest absolute Gasteiger partial charge is 0.264 e.